The number of H-pyrrole nitrogens is 1. The molecule has 1 aliphatic rings. The Balaban J connectivity index is 1.73. The predicted molar refractivity (Wildman–Crippen MR) is 110 cm³/mol. The van der Waals surface area contributed by atoms with Crippen molar-refractivity contribution in [2.75, 3.05) is 7.11 Å². The van der Waals surface area contributed by atoms with Crippen LogP contribution in [0.1, 0.15) is 33.3 Å². The quantitative estimate of drug-likeness (QED) is 0.595. The zero-order valence-corrected chi connectivity index (χ0v) is 17.6. The van der Waals surface area contributed by atoms with Gasteiger partial charge in [-0.15, -0.1) is 15.3 Å². The highest BCUT2D eigenvalue weighted by atomic mass is 32.2. The van der Waals surface area contributed by atoms with Crippen LogP contribution in [-0.2, 0) is 5.75 Å². The Morgan fingerprint density at radius 3 is 2.90 bits per heavy atom. The lowest BCUT2D eigenvalue weighted by atomic mass is 9.79. The monoisotopic (exact) mass is 426 g/mol. The largest absolute Gasteiger partial charge is 0.496 e. The van der Waals surface area contributed by atoms with Gasteiger partial charge >= 0.3 is 0 Å². The number of thioether (sulfide) groups is 1. The first kappa shape index (κ1) is 19.4. The molecular formula is C19H18N6O2S2. The number of nitrogens with zero attached hydrogens (tertiary/aromatic N) is 4. The molecule has 10 heteroatoms. The predicted octanol–water partition coefficient (Wildman–Crippen LogP) is 3.82. The Bertz CT molecular complexity index is 1120. The van der Waals surface area contributed by atoms with Crippen molar-refractivity contribution in [1.82, 2.24) is 20.4 Å². The van der Waals surface area contributed by atoms with E-state index in [2.05, 4.69) is 26.5 Å². The lowest BCUT2D eigenvalue weighted by Gasteiger charge is -2.28. The van der Waals surface area contributed by atoms with E-state index in [-0.39, 0.29) is 11.8 Å². The SMILES string of the molecule is COc1ccc(C2c3c(n[nH]c3C)OC(=N)C2C#N)cc1CSc1nnc(C)s1. The summed E-state index contributed by atoms with van der Waals surface area (Å²) in [5.74, 6) is 0.627. The normalized spacial score (nSPS) is 18.1. The van der Waals surface area contributed by atoms with Crippen LogP contribution < -0.4 is 9.47 Å². The van der Waals surface area contributed by atoms with Gasteiger partial charge < -0.3 is 9.47 Å². The summed E-state index contributed by atoms with van der Waals surface area (Å²) in [6.07, 6.45) is 0. The molecule has 0 saturated carbocycles. The lowest BCUT2D eigenvalue weighted by Crippen LogP contribution is -2.31. The molecule has 3 heterocycles. The first-order chi connectivity index (χ1) is 14.0. The zero-order valence-electron chi connectivity index (χ0n) is 16.0. The van der Waals surface area contributed by atoms with Gasteiger partial charge in [-0.25, -0.2) is 0 Å². The van der Waals surface area contributed by atoms with Crippen LogP contribution in [0.15, 0.2) is 22.5 Å². The van der Waals surface area contributed by atoms with Gasteiger partial charge in [-0.3, -0.25) is 10.5 Å². The smallest absolute Gasteiger partial charge is 0.243 e. The Morgan fingerprint density at radius 1 is 1.38 bits per heavy atom. The van der Waals surface area contributed by atoms with Crippen molar-refractivity contribution >= 4 is 29.0 Å². The molecule has 2 unspecified atom stereocenters. The average Bonchev–Trinajstić information content (AvgIpc) is 3.30. The number of rotatable bonds is 5. The summed E-state index contributed by atoms with van der Waals surface area (Å²) in [4.78, 5) is 0. The van der Waals surface area contributed by atoms with E-state index in [9.17, 15) is 5.26 Å². The summed E-state index contributed by atoms with van der Waals surface area (Å²) in [6, 6.07) is 8.09. The fourth-order valence-corrected chi connectivity index (χ4v) is 5.21. The van der Waals surface area contributed by atoms with Crippen molar-refractivity contribution < 1.29 is 9.47 Å². The topological polar surface area (TPSA) is 121 Å². The number of aromatic nitrogens is 4. The summed E-state index contributed by atoms with van der Waals surface area (Å²) in [5, 5.41) is 34.1. The molecule has 4 rings (SSSR count). The van der Waals surface area contributed by atoms with Gasteiger partial charge in [0.1, 0.15) is 16.7 Å². The van der Waals surface area contributed by atoms with E-state index in [0.717, 1.165) is 37.5 Å². The second-order valence-corrected chi connectivity index (χ2v) is 8.97. The van der Waals surface area contributed by atoms with Crippen molar-refractivity contribution in [3.8, 4) is 17.7 Å². The molecular weight excluding hydrogens is 408 g/mol. The van der Waals surface area contributed by atoms with E-state index in [1.165, 1.54) is 0 Å². The second-order valence-electron chi connectivity index (χ2n) is 6.57. The highest BCUT2D eigenvalue weighted by Crippen LogP contribution is 2.44. The van der Waals surface area contributed by atoms with Gasteiger partial charge in [-0.2, -0.15) is 5.26 Å². The minimum Gasteiger partial charge on any atom is -0.496 e. The summed E-state index contributed by atoms with van der Waals surface area (Å²) < 4.78 is 11.9. The molecule has 3 aromatic rings. The van der Waals surface area contributed by atoms with E-state index < -0.39 is 5.92 Å². The molecule has 0 saturated heterocycles. The summed E-state index contributed by atoms with van der Waals surface area (Å²) in [6.45, 7) is 3.82. The summed E-state index contributed by atoms with van der Waals surface area (Å²) in [7, 11) is 1.64. The summed E-state index contributed by atoms with van der Waals surface area (Å²) in [5.41, 5.74) is 3.55. The van der Waals surface area contributed by atoms with Crippen LogP contribution in [0.3, 0.4) is 0 Å². The third-order valence-corrected chi connectivity index (χ3v) is 6.78. The molecule has 148 valence electrons. The number of aromatic amines is 1. The highest BCUT2D eigenvalue weighted by Gasteiger charge is 2.40. The maximum absolute atomic E-state index is 9.73. The number of nitriles is 1. The number of fused-ring (bicyclic) bond motifs is 1. The van der Waals surface area contributed by atoms with E-state index in [1.54, 1.807) is 30.2 Å². The molecule has 0 amide bonds. The van der Waals surface area contributed by atoms with Gasteiger partial charge in [0.15, 0.2) is 4.34 Å². The maximum atomic E-state index is 9.73. The number of hydrogen-bond donors (Lipinski definition) is 2. The van der Waals surface area contributed by atoms with E-state index in [0.29, 0.717) is 11.6 Å². The van der Waals surface area contributed by atoms with Crippen LogP contribution in [0, 0.1) is 36.5 Å². The fraction of sp³-hybridized carbons (Fsp3) is 0.316. The van der Waals surface area contributed by atoms with Crippen LogP contribution in [0.5, 0.6) is 11.6 Å². The standard InChI is InChI=1S/C19H18N6O2S2/c1-9-15-16(13(7-20)17(21)27-18(15)24-22-9)11-4-5-14(26-3)12(6-11)8-28-19-25-23-10(2)29-19/h4-6,13,16,21H,8H2,1-3H3,(H,22,24). The van der Waals surface area contributed by atoms with Gasteiger partial charge in [0.2, 0.25) is 11.8 Å². The number of hydrogen-bond acceptors (Lipinski definition) is 9. The van der Waals surface area contributed by atoms with Crippen LogP contribution in [0.4, 0.5) is 0 Å². The molecule has 2 aromatic heterocycles. The maximum Gasteiger partial charge on any atom is 0.243 e. The minimum atomic E-state index is -0.724. The van der Waals surface area contributed by atoms with Crippen LogP contribution in [-0.4, -0.2) is 33.4 Å². The van der Waals surface area contributed by atoms with E-state index >= 15 is 0 Å². The van der Waals surface area contributed by atoms with Crippen LogP contribution in [0.2, 0.25) is 0 Å². The Kier molecular flexibility index (Phi) is 5.25. The van der Waals surface area contributed by atoms with Crippen molar-refractivity contribution in [3.63, 3.8) is 0 Å². The molecule has 0 fully saturated rings. The van der Waals surface area contributed by atoms with Gasteiger partial charge in [-0.05, 0) is 25.5 Å². The molecule has 0 bridgehead atoms. The fourth-order valence-electron chi connectivity index (χ4n) is 3.42. The molecule has 0 spiro atoms. The zero-order chi connectivity index (χ0) is 20.5. The second kappa shape index (κ2) is 7.85. The van der Waals surface area contributed by atoms with Crippen molar-refractivity contribution in [1.29, 1.82) is 10.7 Å². The molecule has 1 aliphatic heterocycles. The number of methoxy groups -OCH3 is 1. The van der Waals surface area contributed by atoms with Crippen molar-refractivity contribution in [2.24, 2.45) is 5.92 Å². The van der Waals surface area contributed by atoms with Gasteiger partial charge in [0.25, 0.3) is 0 Å². The van der Waals surface area contributed by atoms with Gasteiger partial charge in [-0.1, -0.05) is 35.2 Å². The van der Waals surface area contributed by atoms with Crippen molar-refractivity contribution in [2.45, 2.75) is 29.9 Å². The average molecular weight is 427 g/mol. The minimum absolute atomic E-state index is 0.0902. The molecule has 0 radical (unpaired) electrons. The number of ether oxygens (including phenoxy) is 2. The number of benzene rings is 1. The highest BCUT2D eigenvalue weighted by molar-refractivity contribution is 8.00. The Hall–Kier alpha value is -2.90. The number of nitrogens with one attached hydrogen (secondary N) is 2. The molecule has 1 aromatic carbocycles. The van der Waals surface area contributed by atoms with E-state index in [1.807, 2.05) is 32.0 Å². The molecule has 2 atom stereocenters. The van der Waals surface area contributed by atoms with E-state index in [4.69, 9.17) is 14.9 Å². The third-order valence-electron chi connectivity index (χ3n) is 4.75. The van der Waals surface area contributed by atoms with Gasteiger partial charge in [0.05, 0.1) is 13.2 Å². The van der Waals surface area contributed by atoms with Crippen LogP contribution in [0.25, 0.3) is 0 Å². The molecule has 8 nitrogen and oxygen atoms in total. The number of aryl methyl sites for hydroxylation is 2. The Labute approximate surface area is 175 Å². The molecule has 29 heavy (non-hydrogen) atoms. The lowest BCUT2D eigenvalue weighted by molar-refractivity contribution is 0.410. The third kappa shape index (κ3) is 3.59. The first-order valence-electron chi connectivity index (χ1n) is 8.82. The summed E-state index contributed by atoms with van der Waals surface area (Å²) >= 11 is 3.14. The van der Waals surface area contributed by atoms with Gasteiger partial charge in [0, 0.05) is 28.5 Å². The first-order valence-corrected chi connectivity index (χ1v) is 10.6. The van der Waals surface area contributed by atoms with Crippen LogP contribution >= 0.6 is 23.1 Å². The molecule has 0 aliphatic carbocycles. The Morgan fingerprint density at radius 2 is 2.21 bits per heavy atom. The molecule has 2 N–H and O–H groups in total. The van der Waals surface area contributed by atoms with Crippen molar-refractivity contribution in [3.05, 3.63) is 45.6 Å².